The van der Waals surface area contributed by atoms with Gasteiger partial charge in [0.2, 0.25) is 5.91 Å². The number of amides is 3. The summed E-state index contributed by atoms with van der Waals surface area (Å²) in [4.78, 5) is 41.3. The molecule has 7 nitrogen and oxygen atoms in total. The van der Waals surface area contributed by atoms with E-state index in [0.29, 0.717) is 22.9 Å². The van der Waals surface area contributed by atoms with Crippen molar-refractivity contribution in [2.75, 3.05) is 24.3 Å². The summed E-state index contributed by atoms with van der Waals surface area (Å²) in [7, 11) is 1.59. The van der Waals surface area contributed by atoms with Gasteiger partial charge in [0.15, 0.2) is 0 Å². The molecule has 1 fully saturated rings. The summed E-state index contributed by atoms with van der Waals surface area (Å²) in [6, 6.07) is 14.6. The number of hydrogen-bond donors (Lipinski definition) is 2. The van der Waals surface area contributed by atoms with Crippen LogP contribution < -0.4 is 15.4 Å². The van der Waals surface area contributed by atoms with E-state index in [1.165, 1.54) is 16.7 Å². The third-order valence-electron chi connectivity index (χ3n) is 6.10. The van der Waals surface area contributed by atoms with Gasteiger partial charge in [0.1, 0.15) is 16.4 Å². The second kappa shape index (κ2) is 11.0. The monoisotopic (exact) mass is 493 g/mol. The first-order chi connectivity index (χ1) is 16.9. The Hall–Kier alpha value is -3.26. The summed E-state index contributed by atoms with van der Waals surface area (Å²) >= 11 is 1.25. The summed E-state index contributed by atoms with van der Waals surface area (Å²) in [5, 5.41) is 6.14. The molecule has 0 unspecified atom stereocenters. The molecule has 35 heavy (non-hydrogen) atoms. The number of thioether (sulfide) groups is 1. The average Bonchev–Trinajstić information content (AvgIpc) is 3.46. The van der Waals surface area contributed by atoms with Crippen LogP contribution in [0.2, 0.25) is 0 Å². The minimum absolute atomic E-state index is 0.0671. The van der Waals surface area contributed by atoms with E-state index in [0.717, 1.165) is 36.3 Å². The predicted octanol–water partition coefficient (Wildman–Crippen LogP) is 5.26. The van der Waals surface area contributed by atoms with E-state index in [1.54, 1.807) is 31.4 Å². The van der Waals surface area contributed by atoms with Crippen LogP contribution in [0.5, 0.6) is 5.75 Å². The van der Waals surface area contributed by atoms with Gasteiger partial charge in [0.25, 0.3) is 11.8 Å². The van der Waals surface area contributed by atoms with E-state index in [2.05, 4.69) is 10.6 Å². The molecule has 0 saturated heterocycles. The topological polar surface area (TPSA) is 87.7 Å². The number of anilines is 2. The second-order valence-electron chi connectivity index (χ2n) is 9.27. The Morgan fingerprint density at radius 1 is 1.00 bits per heavy atom. The summed E-state index contributed by atoms with van der Waals surface area (Å²) in [6.07, 6.45) is 4.11. The molecular weight excluding hydrogens is 462 g/mol. The molecule has 1 aliphatic carbocycles. The first-order valence-electron chi connectivity index (χ1n) is 12.0. The molecule has 2 aromatic carbocycles. The molecule has 0 aromatic heterocycles. The Kier molecular flexibility index (Phi) is 7.80. The summed E-state index contributed by atoms with van der Waals surface area (Å²) in [5.41, 5.74) is 1.69. The number of ether oxygens (including phenoxy) is 1. The number of carbonyl (C=O) groups is 3. The molecule has 0 radical (unpaired) electrons. The number of rotatable bonds is 9. The Bertz CT molecular complexity index is 1120. The number of carbonyl (C=O) groups excluding carboxylic acids is 3. The zero-order valence-electron chi connectivity index (χ0n) is 20.3. The van der Waals surface area contributed by atoms with Gasteiger partial charge in [0, 0.05) is 28.7 Å². The van der Waals surface area contributed by atoms with Crippen LogP contribution in [0, 0.1) is 11.8 Å². The van der Waals surface area contributed by atoms with E-state index in [1.807, 2.05) is 38.1 Å². The van der Waals surface area contributed by atoms with E-state index < -0.39 is 0 Å². The summed E-state index contributed by atoms with van der Waals surface area (Å²) in [6.45, 7) is 4.30. The molecule has 1 saturated carbocycles. The Morgan fingerprint density at radius 3 is 2.23 bits per heavy atom. The molecule has 2 N–H and O–H groups in total. The molecule has 8 heteroatoms. The fraction of sp³-hybridized carbons (Fsp3) is 0.370. The fourth-order valence-corrected chi connectivity index (χ4v) is 5.21. The van der Waals surface area contributed by atoms with Gasteiger partial charge in [0.05, 0.1) is 7.11 Å². The van der Waals surface area contributed by atoms with Crippen molar-refractivity contribution in [3.05, 3.63) is 59.1 Å². The van der Waals surface area contributed by atoms with Gasteiger partial charge < -0.3 is 15.4 Å². The molecule has 3 amide bonds. The lowest BCUT2D eigenvalue weighted by Crippen LogP contribution is -2.35. The Morgan fingerprint density at radius 2 is 1.63 bits per heavy atom. The van der Waals surface area contributed by atoms with Crippen molar-refractivity contribution in [1.82, 2.24) is 4.90 Å². The lowest BCUT2D eigenvalue weighted by atomic mass is 10.1. The van der Waals surface area contributed by atoms with E-state index in [4.69, 9.17) is 4.74 Å². The van der Waals surface area contributed by atoms with Crippen LogP contribution in [0.3, 0.4) is 0 Å². The van der Waals surface area contributed by atoms with Crippen molar-refractivity contribution in [1.29, 1.82) is 0 Å². The maximum absolute atomic E-state index is 13.2. The molecule has 4 rings (SSSR count). The minimum Gasteiger partial charge on any atom is -0.497 e. The van der Waals surface area contributed by atoms with Gasteiger partial charge in [-0.05, 0) is 67.3 Å². The van der Waals surface area contributed by atoms with Crippen LogP contribution >= 0.6 is 11.8 Å². The van der Waals surface area contributed by atoms with Gasteiger partial charge in [-0.15, -0.1) is 0 Å². The van der Waals surface area contributed by atoms with Crippen molar-refractivity contribution < 1.29 is 19.1 Å². The quantitative estimate of drug-likeness (QED) is 0.463. The molecule has 0 atom stereocenters. The maximum Gasteiger partial charge on any atom is 0.278 e. The van der Waals surface area contributed by atoms with Gasteiger partial charge in [-0.1, -0.05) is 38.5 Å². The Labute approximate surface area is 210 Å². The number of hydrogen-bond acceptors (Lipinski definition) is 6. The average molecular weight is 494 g/mol. The summed E-state index contributed by atoms with van der Waals surface area (Å²) in [5.74, 6) is 0.380. The van der Waals surface area contributed by atoms with Gasteiger partial charge in [-0.2, -0.15) is 0 Å². The van der Waals surface area contributed by atoms with Crippen molar-refractivity contribution in [3.63, 3.8) is 0 Å². The molecule has 0 bridgehead atoms. The van der Waals surface area contributed by atoms with Crippen LogP contribution in [0.1, 0.15) is 39.5 Å². The molecule has 2 aromatic rings. The van der Waals surface area contributed by atoms with E-state index in [-0.39, 0.29) is 35.3 Å². The first kappa shape index (κ1) is 24.9. The number of benzene rings is 2. The van der Waals surface area contributed by atoms with Crippen LogP contribution in [-0.2, 0) is 14.4 Å². The standard InChI is InChI=1S/C27H31N3O4S/c1-17(2)16-30-26(32)23(28-19-8-12-21(34-3)13-9-19)24(27(30)33)35-22-14-10-20(11-15-22)29-25(31)18-6-4-5-7-18/h8-15,17-18,28H,4-7,16H2,1-3H3,(H,29,31). The maximum atomic E-state index is 13.2. The highest BCUT2D eigenvalue weighted by Crippen LogP contribution is 2.37. The first-order valence-corrected chi connectivity index (χ1v) is 12.8. The van der Waals surface area contributed by atoms with Gasteiger partial charge in [-0.3, -0.25) is 19.3 Å². The zero-order chi connectivity index (χ0) is 24.9. The third kappa shape index (κ3) is 5.88. The molecule has 2 aliphatic rings. The van der Waals surface area contributed by atoms with E-state index in [9.17, 15) is 14.4 Å². The minimum atomic E-state index is -0.331. The second-order valence-corrected chi connectivity index (χ2v) is 10.4. The van der Waals surface area contributed by atoms with Crippen LogP contribution in [0.4, 0.5) is 11.4 Å². The number of nitrogens with one attached hydrogen (secondary N) is 2. The highest BCUT2D eigenvalue weighted by atomic mass is 32.2. The Balaban J connectivity index is 1.53. The molecule has 1 heterocycles. The third-order valence-corrected chi connectivity index (χ3v) is 7.19. The lowest BCUT2D eigenvalue weighted by Gasteiger charge is -2.17. The summed E-state index contributed by atoms with van der Waals surface area (Å²) < 4.78 is 5.20. The highest BCUT2D eigenvalue weighted by Gasteiger charge is 2.39. The number of nitrogens with zero attached hydrogens (tertiary/aromatic N) is 1. The van der Waals surface area contributed by atoms with Gasteiger partial charge >= 0.3 is 0 Å². The van der Waals surface area contributed by atoms with Crippen molar-refractivity contribution >= 4 is 40.9 Å². The van der Waals surface area contributed by atoms with Crippen LogP contribution in [-0.4, -0.2) is 36.3 Å². The SMILES string of the molecule is COc1ccc(NC2=C(Sc3ccc(NC(=O)C4CCCC4)cc3)C(=O)N(CC(C)C)C2=O)cc1. The van der Waals surface area contributed by atoms with Crippen LogP contribution in [0.25, 0.3) is 0 Å². The predicted molar refractivity (Wildman–Crippen MR) is 138 cm³/mol. The molecule has 184 valence electrons. The lowest BCUT2D eigenvalue weighted by molar-refractivity contribution is -0.137. The smallest absolute Gasteiger partial charge is 0.278 e. The fourth-order valence-electron chi connectivity index (χ4n) is 4.26. The van der Waals surface area contributed by atoms with Crippen LogP contribution in [0.15, 0.2) is 64.0 Å². The number of methoxy groups -OCH3 is 1. The van der Waals surface area contributed by atoms with E-state index >= 15 is 0 Å². The normalized spacial score (nSPS) is 16.4. The van der Waals surface area contributed by atoms with Crippen molar-refractivity contribution in [3.8, 4) is 5.75 Å². The largest absolute Gasteiger partial charge is 0.497 e. The zero-order valence-corrected chi connectivity index (χ0v) is 21.1. The highest BCUT2D eigenvalue weighted by molar-refractivity contribution is 8.04. The van der Waals surface area contributed by atoms with Crippen molar-refractivity contribution in [2.45, 2.75) is 44.4 Å². The number of imide groups is 1. The molecule has 0 spiro atoms. The van der Waals surface area contributed by atoms with Crippen molar-refractivity contribution in [2.24, 2.45) is 11.8 Å². The van der Waals surface area contributed by atoms with Gasteiger partial charge in [-0.25, -0.2) is 0 Å². The molecular formula is C27H31N3O4S. The molecule has 1 aliphatic heterocycles.